The van der Waals surface area contributed by atoms with Gasteiger partial charge in [-0.1, -0.05) is 32.0 Å². The Kier molecular flexibility index (Phi) is 4.65. The van der Waals surface area contributed by atoms with E-state index >= 15 is 0 Å². The van der Waals surface area contributed by atoms with Crippen LogP contribution in [0.1, 0.15) is 44.6 Å². The molecule has 1 N–H and O–H groups in total. The molecule has 0 bridgehead atoms. The molecule has 0 amide bonds. The van der Waals surface area contributed by atoms with Gasteiger partial charge < -0.3 is 10.2 Å². The molecular formula is C16H26N2. The molecule has 2 nitrogen and oxygen atoms in total. The van der Waals surface area contributed by atoms with E-state index in [2.05, 4.69) is 55.4 Å². The minimum Gasteiger partial charge on any atom is -0.382 e. The predicted octanol–water partition coefficient (Wildman–Crippen LogP) is 3.71. The molecule has 100 valence electrons. The Morgan fingerprint density at radius 3 is 2.72 bits per heavy atom. The molecule has 2 heteroatoms. The van der Waals surface area contributed by atoms with E-state index in [9.17, 15) is 0 Å². The number of benzene rings is 1. The SMILES string of the molecule is CC(C)c1ccccc1NC1CCCN(C)CC1. The molecule has 1 saturated heterocycles. The molecule has 0 spiro atoms. The van der Waals surface area contributed by atoms with Crippen molar-refractivity contribution in [3.05, 3.63) is 29.8 Å². The first-order valence-corrected chi connectivity index (χ1v) is 7.21. The zero-order chi connectivity index (χ0) is 13.0. The van der Waals surface area contributed by atoms with E-state index in [1.54, 1.807) is 0 Å². The minimum atomic E-state index is 0.585. The Balaban J connectivity index is 2.04. The lowest BCUT2D eigenvalue weighted by Crippen LogP contribution is -2.23. The molecule has 1 fully saturated rings. The van der Waals surface area contributed by atoms with Crippen LogP contribution < -0.4 is 5.32 Å². The van der Waals surface area contributed by atoms with Gasteiger partial charge in [0, 0.05) is 11.7 Å². The van der Waals surface area contributed by atoms with Crippen molar-refractivity contribution >= 4 is 5.69 Å². The Bertz CT molecular complexity index is 373. The molecule has 1 atom stereocenters. The molecule has 1 aliphatic rings. The molecule has 1 heterocycles. The lowest BCUT2D eigenvalue weighted by Gasteiger charge is -2.21. The smallest absolute Gasteiger partial charge is 0.0377 e. The molecule has 0 radical (unpaired) electrons. The molecule has 1 aromatic carbocycles. The monoisotopic (exact) mass is 246 g/mol. The van der Waals surface area contributed by atoms with Crippen LogP contribution in [0.5, 0.6) is 0 Å². The van der Waals surface area contributed by atoms with Crippen LogP contribution in [0.4, 0.5) is 5.69 Å². The van der Waals surface area contributed by atoms with Crippen LogP contribution in [-0.4, -0.2) is 31.1 Å². The molecule has 0 aromatic heterocycles. The standard InChI is InChI=1S/C16H26N2/c1-13(2)15-8-4-5-9-16(15)17-14-7-6-11-18(3)12-10-14/h4-5,8-9,13-14,17H,6-7,10-12H2,1-3H3. The van der Waals surface area contributed by atoms with E-state index in [1.165, 1.54) is 43.6 Å². The highest BCUT2D eigenvalue weighted by atomic mass is 15.1. The maximum atomic E-state index is 3.76. The summed E-state index contributed by atoms with van der Waals surface area (Å²) in [5.41, 5.74) is 2.78. The van der Waals surface area contributed by atoms with Crippen molar-refractivity contribution in [3.63, 3.8) is 0 Å². The van der Waals surface area contributed by atoms with Gasteiger partial charge in [-0.15, -0.1) is 0 Å². The summed E-state index contributed by atoms with van der Waals surface area (Å²) >= 11 is 0. The summed E-state index contributed by atoms with van der Waals surface area (Å²) in [5.74, 6) is 0.585. The quantitative estimate of drug-likeness (QED) is 0.874. The highest BCUT2D eigenvalue weighted by Crippen LogP contribution is 2.26. The third-order valence-electron chi connectivity index (χ3n) is 3.89. The van der Waals surface area contributed by atoms with Crippen molar-refractivity contribution in [2.24, 2.45) is 0 Å². The first kappa shape index (κ1) is 13.4. The number of nitrogens with one attached hydrogen (secondary N) is 1. The maximum absolute atomic E-state index is 3.76. The number of para-hydroxylation sites is 1. The van der Waals surface area contributed by atoms with Crippen molar-refractivity contribution in [3.8, 4) is 0 Å². The second-order valence-corrected chi connectivity index (χ2v) is 5.82. The summed E-state index contributed by atoms with van der Waals surface area (Å²) in [4.78, 5) is 2.44. The molecule has 0 saturated carbocycles. The van der Waals surface area contributed by atoms with Gasteiger partial charge in [-0.2, -0.15) is 0 Å². The van der Waals surface area contributed by atoms with Gasteiger partial charge in [-0.05, 0) is 56.9 Å². The Morgan fingerprint density at radius 1 is 1.17 bits per heavy atom. The van der Waals surface area contributed by atoms with Gasteiger partial charge in [-0.25, -0.2) is 0 Å². The van der Waals surface area contributed by atoms with Gasteiger partial charge in [0.05, 0.1) is 0 Å². The second kappa shape index (κ2) is 6.24. The van der Waals surface area contributed by atoms with Gasteiger partial charge in [0.2, 0.25) is 0 Å². The van der Waals surface area contributed by atoms with Gasteiger partial charge >= 0.3 is 0 Å². The van der Waals surface area contributed by atoms with Crippen LogP contribution in [0.15, 0.2) is 24.3 Å². The summed E-state index contributed by atoms with van der Waals surface area (Å²) in [6, 6.07) is 9.38. The highest BCUT2D eigenvalue weighted by molar-refractivity contribution is 5.53. The topological polar surface area (TPSA) is 15.3 Å². The van der Waals surface area contributed by atoms with E-state index < -0.39 is 0 Å². The summed E-state index contributed by atoms with van der Waals surface area (Å²) < 4.78 is 0. The summed E-state index contributed by atoms with van der Waals surface area (Å²) in [5, 5.41) is 3.76. The Morgan fingerprint density at radius 2 is 1.94 bits per heavy atom. The van der Waals surface area contributed by atoms with Gasteiger partial charge in [-0.3, -0.25) is 0 Å². The van der Waals surface area contributed by atoms with Crippen molar-refractivity contribution in [2.75, 3.05) is 25.5 Å². The molecule has 1 aliphatic heterocycles. The van der Waals surface area contributed by atoms with E-state index in [0.29, 0.717) is 12.0 Å². The van der Waals surface area contributed by atoms with Crippen molar-refractivity contribution < 1.29 is 0 Å². The van der Waals surface area contributed by atoms with Crippen LogP contribution in [0.2, 0.25) is 0 Å². The van der Waals surface area contributed by atoms with Gasteiger partial charge in [0.1, 0.15) is 0 Å². The molecule has 18 heavy (non-hydrogen) atoms. The third-order valence-corrected chi connectivity index (χ3v) is 3.89. The number of hydrogen-bond acceptors (Lipinski definition) is 2. The van der Waals surface area contributed by atoms with Crippen LogP contribution >= 0.6 is 0 Å². The zero-order valence-corrected chi connectivity index (χ0v) is 11.9. The van der Waals surface area contributed by atoms with Crippen LogP contribution in [0, 0.1) is 0 Å². The van der Waals surface area contributed by atoms with E-state index in [4.69, 9.17) is 0 Å². The van der Waals surface area contributed by atoms with Crippen molar-refractivity contribution in [1.82, 2.24) is 4.90 Å². The minimum absolute atomic E-state index is 0.585. The highest BCUT2D eigenvalue weighted by Gasteiger charge is 2.16. The predicted molar refractivity (Wildman–Crippen MR) is 79.3 cm³/mol. The number of anilines is 1. The largest absolute Gasteiger partial charge is 0.382 e. The maximum Gasteiger partial charge on any atom is 0.0377 e. The number of likely N-dealkylation sites (tertiary alicyclic amines) is 1. The fourth-order valence-electron chi connectivity index (χ4n) is 2.74. The van der Waals surface area contributed by atoms with Crippen LogP contribution in [0.25, 0.3) is 0 Å². The van der Waals surface area contributed by atoms with Crippen molar-refractivity contribution in [1.29, 1.82) is 0 Å². The van der Waals surface area contributed by atoms with E-state index in [1.807, 2.05) is 0 Å². The normalized spacial score (nSPS) is 21.9. The summed E-state index contributed by atoms with van der Waals surface area (Å²) in [6.07, 6.45) is 3.84. The fraction of sp³-hybridized carbons (Fsp3) is 0.625. The van der Waals surface area contributed by atoms with Crippen LogP contribution in [0.3, 0.4) is 0 Å². The molecule has 1 aromatic rings. The molecule has 1 unspecified atom stereocenters. The summed E-state index contributed by atoms with van der Waals surface area (Å²) in [7, 11) is 2.23. The molecular weight excluding hydrogens is 220 g/mol. The number of hydrogen-bond donors (Lipinski definition) is 1. The third kappa shape index (κ3) is 3.49. The average molecular weight is 246 g/mol. The zero-order valence-electron chi connectivity index (χ0n) is 11.9. The van der Waals surface area contributed by atoms with E-state index in [0.717, 1.165) is 0 Å². The van der Waals surface area contributed by atoms with Crippen LogP contribution in [-0.2, 0) is 0 Å². The summed E-state index contributed by atoms with van der Waals surface area (Å²) in [6.45, 7) is 6.98. The van der Waals surface area contributed by atoms with Crippen molar-refractivity contribution in [2.45, 2.75) is 45.1 Å². The first-order valence-electron chi connectivity index (χ1n) is 7.21. The fourth-order valence-corrected chi connectivity index (χ4v) is 2.74. The first-order chi connectivity index (χ1) is 8.66. The van der Waals surface area contributed by atoms with Gasteiger partial charge in [0.15, 0.2) is 0 Å². The number of rotatable bonds is 3. The second-order valence-electron chi connectivity index (χ2n) is 5.82. The Labute approximate surface area is 111 Å². The molecule has 0 aliphatic carbocycles. The average Bonchev–Trinajstić information content (AvgIpc) is 2.55. The van der Waals surface area contributed by atoms with E-state index in [-0.39, 0.29) is 0 Å². The lowest BCUT2D eigenvalue weighted by atomic mass is 10.00. The molecule has 2 rings (SSSR count). The lowest BCUT2D eigenvalue weighted by molar-refractivity contribution is 0.348. The number of nitrogens with zero attached hydrogens (tertiary/aromatic N) is 1. The Hall–Kier alpha value is -1.02. The van der Waals surface area contributed by atoms with Gasteiger partial charge in [0.25, 0.3) is 0 Å².